The molecular weight excluding hydrogens is 225 g/mol. The van der Waals surface area contributed by atoms with Crippen molar-refractivity contribution in [3.8, 4) is 0 Å². The first kappa shape index (κ1) is 12.8. The predicted octanol–water partition coefficient (Wildman–Crippen LogP) is 3.80. The number of hydrogen-bond donors (Lipinski definition) is 1. The zero-order valence-corrected chi connectivity index (χ0v) is 11.0. The molecule has 0 amide bonds. The van der Waals surface area contributed by atoms with Crippen LogP contribution in [0.3, 0.4) is 0 Å². The van der Waals surface area contributed by atoms with Crippen molar-refractivity contribution in [2.45, 2.75) is 26.8 Å². The summed E-state index contributed by atoms with van der Waals surface area (Å²) in [5, 5.41) is 0. The molecule has 2 rings (SSSR count). The average molecular weight is 243 g/mol. The molecule has 1 atom stereocenters. The van der Waals surface area contributed by atoms with Gasteiger partial charge in [0.2, 0.25) is 0 Å². The maximum absolute atomic E-state index is 12.9. The number of aryl methyl sites for hydroxylation is 3. The molecule has 0 saturated carbocycles. The summed E-state index contributed by atoms with van der Waals surface area (Å²) in [4.78, 5) is 0. The van der Waals surface area contributed by atoms with Crippen molar-refractivity contribution in [3.63, 3.8) is 0 Å². The molecule has 2 aromatic rings. The minimum atomic E-state index is -0.234. The fourth-order valence-electron chi connectivity index (χ4n) is 2.17. The van der Waals surface area contributed by atoms with Crippen LogP contribution in [-0.4, -0.2) is 0 Å². The Balaban J connectivity index is 2.42. The van der Waals surface area contributed by atoms with Crippen molar-refractivity contribution in [1.29, 1.82) is 0 Å². The molecule has 0 aliphatic heterocycles. The lowest BCUT2D eigenvalue weighted by atomic mass is 9.92. The molecule has 0 radical (unpaired) electrons. The molecule has 1 nitrogen and oxygen atoms in total. The van der Waals surface area contributed by atoms with Crippen molar-refractivity contribution in [2.24, 2.45) is 5.73 Å². The molecule has 2 aromatic carbocycles. The van der Waals surface area contributed by atoms with Crippen LogP contribution in [0.25, 0.3) is 0 Å². The zero-order valence-electron chi connectivity index (χ0n) is 11.0. The van der Waals surface area contributed by atoms with E-state index in [0.29, 0.717) is 0 Å². The first-order chi connectivity index (χ1) is 8.49. The Labute approximate surface area is 107 Å². The summed E-state index contributed by atoms with van der Waals surface area (Å²) in [5.74, 6) is -0.234. The second kappa shape index (κ2) is 4.91. The summed E-state index contributed by atoms with van der Waals surface area (Å²) in [6.07, 6.45) is 0. The van der Waals surface area contributed by atoms with E-state index in [1.54, 1.807) is 12.1 Å². The van der Waals surface area contributed by atoms with Crippen LogP contribution < -0.4 is 5.73 Å². The van der Waals surface area contributed by atoms with Gasteiger partial charge in [0.05, 0.1) is 6.04 Å². The smallest absolute Gasteiger partial charge is 0.123 e. The van der Waals surface area contributed by atoms with Gasteiger partial charge in [0.1, 0.15) is 5.82 Å². The maximum Gasteiger partial charge on any atom is 0.123 e. The first-order valence-corrected chi connectivity index (χ1v) is 6.08. The Kier molecular flexibility index (Phi) is 3.48. The molecule has 0 aliphatic carbocycles. The summed E-state index contributed by atoms with van der Waals surface area (Å²) in [6.45, 7) is 6.23. The first-order valence-electron chi connectivity index (χ1n) is 6.08. The van der Waals surface area contributed by atoms with Gasteiger partial charge in [-0.2, -0.15) is 0 Å². The normalized spacial score (nSPS) is 12.5. The number of hydrogen-bond acceptors (Lipinski definition) is 1. The van der Waals surface area contributed by atoms with Crippen LogP contribution in [0, 0.1) is 26.6 Å². The van der Waals surface area contributed by atoms with Gasteiger partial charge in [-0.05, 0) is 60.7 Å². The van der Waals surface area contributed by atoms with Crippen LogP contribution in [-0.2, 0) is 0 Å². The lowest BCUT2D eigenvalue weighted by Crippen LogP contribution is -2.13. The fraction of sp³-hybridized carbons (Fsp3) is 0.250. The van der Waals surface area contributed by atoms with Gasteiger partial charge in [-0.1, -0.05) is 24.3 Å². The SMILES string of the molecule is Cc1cc(C)c(C(N)c2ccc(F)cc2)cc1C. The van der Waals surface area contributed by atoms with Gasteiger partial charge in [-0.15, -0.1) is 0 Å². The minimum Gasteiger partial charge on any atom is -0.320 e. The van der Waals surface area contributed by atoms with Crippen molar-refractivity contribution in [3.05, 3.63) is 70.0 Å². The number of halogens is 1. The molecule has 0 aliphatic rings. The quantitative estimate of drug-likeness (QED) is 0.853. The Bertz CT molecular complexity index is 558. The summed E-state index contributed by atoms with van der Waals surface area (Å²) >= 11 is 0. The highest BCUT2D eigenvalue weighted by atomic mass is 19.1. The maximum atomic E-state index is 12.9. The second-order valence-corrected chi connectivity index (χ2v) is 4.82. The van der Waals surface area contributed by atoms with E-state index in [-0.39, 0.29) is 11.9 Å². The van der Waals surface area contributed by atoms with Gasteiger partial charge >= 0.3 is 0 Å². The van der Waals surface area contributed by atoms with E-state index in [9.17, 15) is 4.39 Å². The van der Waals surface area contributed by atoms with Crippen LogP contribution in [0.15, 0.2) is 36.4 Å². The third-order valence-corrected chi connectivity index (χ3v) is 3.45. The summed E-state index contributed by atoms with van der Waals surface area (Å²) in [7, 11) is 0. The summed E-state index contributed by atoms with van der Waals surface area (Å²) < 4.78 is 12.9. The molecule has 94 valence electrons. The Morgan fingerprint density at radius 3 is 2.06 bits per heavy atom. The third kappa shape index (κ3) is 2.44. The van der Waals surface area contributed by atoms with Crippen LogP contribution in [0.4, 0.5) is 4.39 Å². The van der Waals surface area contributed by atoms with E-state index in [1.807, 2.05) is 0 Å². The van der Waals surface area contributed by atoms with E-state index < -0.39 is 0 Å². The highest BCUT2D eigenvalue weighted by Crippen LogP contribution is 2.25. The Morgan fingerprint density at radius 2 is 1.44 bits per heavy atom. The molecule has 18 heavy (non-hydrogen) atoms. The molecule has 0 bridgehead atoms. The van der Waals surface area contributed by atoms with Gasteiger partial charge in [-0.25, -0.2) is 4.39 Å². The van der Waals surface area contributed by atoms with Gasteiger partial charge in [0.25, 0.3) is 0 Å². The van der Waals surface area contributed by atoms with E-state index in [0.717, 1.165) is 11.1 Å². The third-order valence-electron chi connectivity index (χ3n) is 3.45. The topological polar surface area (TPSA) is 26.0 Å². The van der Waals surface area contributed by atoms with Gasteiger partial charge in [0.15, 0.2) is 0 Å². The molecule has 0 heterocycles. The highest BCUT2D eigenvalue weighted by Gasteiger charge is 2.12. The van der Waals surface area contributed by atoms with Crippen molar-refractivity contribution >= 4 is 0 Å². The van der Waals surface area contributed by atoms with E-state index in [1.165, 1.54) is 28.8 Å². The highest BCUT2D eigenvalue weighted by molar-refractivity contribution is 5.42. The molecule has 2 N–H and O–H groups in total. The van der Waals surface area contributed by atoms with Crippen molar-refractivity contribution < 1.29 is 4.39 Å². The van der Waals surface area contributed by atoms with E-state index in [2.05, 4.69) is 32.9 Å². The number of nitrogens with two attached hydrogens (primary N) is 1. The van der Waals surface area contributed by atoms with E-state index in [4.69, 9.17) is 5.73 Å². The van der Waals surface area contributed by atoms with E-state index >= 15 is 0 Å². The summed E-state index contributed by atoms with van der Waals surface area (Å²) in [6, 6.07) is 10.5. The molecular formula is C16H18FN. The van der Waals surface area contributed by atoms with Crippen LogP contribution in [0.1, 0.15) is 33.9 Å². The minimum absolute atomic E-state index is 0.204. The molecule has 1 unspecified atom stereocenters. The standard InChI is InChI=1S/C16H18FN/c1-10-8-12(3)15(9-11(10)2)16(18)13-4-6-14(17)7-5-13/h4-9,16H,18H2,1-3H3. The molecule has 0 aromatic heterocycles. The van der Waals surface area contributed by atoms with Crippen molar-refractivity contribution in [1.82, 2.24) is 0 Å². The lowest BCUT2D eigenvalue weighted by Gasteiger charge is -2.17. The largest absolute Gasteiger partial charge is 0.320 e. The zero-order chi connectivity index (χ0) is 13.3. The average Bonchev–Trinajstić information content (AvgIpc) is 2.34. The van der Waals surface area contributed by atoms with Gasteiger partial charge in [-0.3, -0.25) is 0 Å². The lowest BCUT2D eigenvalue weighted by molar-refractivity contribution is 0.626. The molecule has 2 heteroatoms. The Hall–Kier alpha value is -1.67. The summed E-state index contributed by atoms with van der Waals surface area (Å²) in [5.41, 5.74) is 12.0. The Morgan fingerprint density at radius 1 is 0.889 bits per heavy atom. The van der Waals surface area contributed by atoms with Crippen LogP contribution >= 0.6 is 0 Å². The van der Waals surface area contributed by atoms with Crippen LogP contribution in [0.2, 0.25) is 0 Å². The molecule has 0 saturated heterocycles. The van der Waals surface area contributed by atoms with Crippen LogP contribution in [0.5, 0.6) is 0 Å². The number of benzene rings is 2. The fourth-order valence-corrected chi connectivity index (χ4v) is 2.17. The molecule has 0 spiro atoms. The predicted molar refractivity (Wildman–Crippen MR) is 73.1 cm³/mol. The second-order valence-electron chi connectivity index (χ2n) is 4.82. The van der Waals surface area contributed by atoms with Crippen molar-refractivity contribution in [2.75, 3.05) is 0 Å². The van der Waals surface area contributed by atoms with Gasteiger partial charge < -0.3 is 5.73 Å². The number of rotatable bonds is 2. The molecule has 0 fully saturated rings. The van der Waals surface area contributed by atoms with Gasteiger partial charge in [0, 0.05) is 0 Å². The monoisotopic (exact) mass is 243 g/mol.